The number of thiophene rings is 1. The molecule has 0 amide bonds. The van der Waals surface area contributed by atoms with Gasteiger partial charge in [0.05, 0.1) is 12.5 Å². The molecule has 0 aliphatic heterocycles. The summed E-state index contributed by atoms with van der Waals surface area (Å²) in [5.41, 5.74) is 1.11. The van der Waals surface area contributed by atoms with E-state index < -0.39 is 5.97 Å². The third-order valence-corrected chi connectivity index (χ3v) is 3.39. The molecule has 0 saturated heterocycles. The minimum atomic E-state index is -0.862. The fourth-order valence-corrected chi connectivity index (χ4v) is 2.52. The summed E-state index contributed by atoms with van der Waals surface area (Å²) in [5.74, 6) is -0.862. The van der Waals surface area contributed by atoms with Gasteiger partial charge in [-0.15, -0.1) is 11.3 Å². The number of aromatic carboxylic acids is 1. The van der Waals surface area contributed by atoms with E-state index in [0.29, 0.717) is 4.88 Å². The van der Waals surface area contributed by atoms with E-state index in [4.69, 9.17) is 9.52 Å². The van der Waals surface area contributed by atoms with Crippen LogP contribution in [0.15, 0.2) is 35.1 Å². The van der Waals surface area contributed by atoms with Crippen LogP contribution in [0.1, 0.15) is 20.1 Å². The molecule has 2 aromatic rings. The predicted molar refractivity (Wildman–Crippen MR) is 65.2 cm³/mol. The Morgan fingerprint density at radius 2 is 2.24 bits per heavy atom. The molecule has 4 nitrogen and oxygen atoms in total. The average Bonchev–Trinajstić information content (AvgIpc) is 2.88. The highest BCUT2D eigenvalue weighted by Crippen LogP contribution is 2.18. The first-order chi connectivity index (χ1) is 8.15. The Morgan fingerprint density at radius 3 is 2.82 bits per heavy atom. The van der Waals surface area contributed by atoms with Gasteiger partial charge >= 0.3 is 5.97 Å². The van der Waals surface area contributed by atoms with E-state index in [1.54, 1.807) is 18.6 Å². The van der Waals surface area contributed by atoms with Gasteiger partial charge in [0, 0.05) is 23.5 Å². The zero-order chi connectivity index (χ0) is 12.3. The SMILES string of the molecule is CN(Cc1ccoc1)Cc1ccc(C(=O)O)s1. The van der Waals surface area contributed by atoms with Gasteiger partial charge in [-0.25, -0.2) is 4.79 Å². The molecule has 0 radical (unpaired) electrons. The molecule has 90 valence electrons. The zero-order valence-electron chi connectivity index (χ0n) is 9.42. The molecule has 2 rings (SSSR count). The number of nitrogens with zero attached hydrogens (tertiary/aromatic N) is 1. The molecule has 0 spiro atoms. The summed E-state index contributed by atoms with van der Waals surface area (Å²) >= 11 is 1.32. The second kappa shape index (κ2) is 5.16. The Morgan fingerprint density at radius 1 is 1.41 bits per heavy atom. The van der Waals surface area contributed by atoms with Crippen LogP contribution >= 0.6 is 11.3 Å². The van der Waals surface area contributed by atoms with Gasteiger partial charge in [0.15, 0.2) is 0 Å². The summed E-state index contributed by atoms with van der Waals surface area (Å²) < 4.78 is 5.00. The molecule has 0 bridgehead atoms. The van der Waals surface area contributed by atoms with Crippen LogP contribution in [0.2, 0.25) is 0 Å². The molecule has 0 aliphatic carbocycles. The van der Waals surface area contributed by atoms with Gasteiger partial charge in [-0.3, -0.25) is 4.90 Å². The van der Waals surface area contributed by atoms with E-state index in [0.717, 1.165) is 23.5 Å². The van der Waals surface area contributed by atoms with E-state index >= 15 is 0 Å². The summed E-state index contributed by atoms with van der Waals surface area (Å²) in [4.78, 5) is 14.3. The number of rotatable bonds is 5. The van der Waals surface area contributed by atoms with E-state index in [2.05, 4.69) is 4.90 Å². The largest absolute Gasteiger partial charge is 0.477 e. The van der Waals surface area contributed by atoms with Crippen molar-refractivity contribution in [3.63, 3.8) is 0 Å². The second-order valence-electron chi connectivity index (χ2n) is 3.87. The Hall–Kier alpha value is -1.59. The summed E-state index contributed by atoms with van der Waals surface area (Å²) in [6, 6.07) is 5.43. The minimum absolute atomic E-state index is 0.386. The first-order valence-electron chi connectivity index (χ1n) is 5.17. The number of carboxylic acid groups (broad SMARTS) is 1. The summed E-state index contributed by atoms with van der Waals surface area (Å²) in [7, 11) is 1.99. The van der Waals surface area contributed by atoms with Gasteiger partial charge in [-0.05, 0) is 25.2 Å². The van der Waals surface area contributed by atoms with Crippen LogP contribution in [-0.2, 0) is 13.1 Å². The highest BCUT2D eigenvalue weighted by Gasteiger charge is 2.09. The normalized spacial score (nSPS) is 10.9. The molecule has 5 heteroatoms. The molecule has 0 unspecified atom stereocenters. The lowest BCUT2D eigenvalue weighted by molar-refractivity contribution is 0.0702. The van der Waals surface area contributed by atoms with Gasteiger partial charge in [-0.1, -0.05) is 0 Å². The van der Waals surface area contributed by atoms with Gasteiger partial charge in [0.1, 0.15) is 4.88 Å². The summed E-state index contributed by atoms with van der Waals surface area (Å²) in [5, 5.41) is 8.82. The monoisotopic (exact) mass is 251 g/mol. The number of hydrogen-bond donors (Lipinski definition) is 1. The number of carboxylic acids is 1. The Labute approximate surface area is 103 Å². The predicted octanol–water partition coefficient (Wildman–Crippen LogP) is 2.67. The molecule has 2 heterocycles. The smallest absolute Gasteiger partial charge is 0.345 e. The third kappa shape index (κ3) is 3.18. The van der Waals surface area contributed by atoms with Gasteiger partial charge in [-0.2, -0.15) is 0 Å². The van der Waals surface area contributed by atoms with Crippen LogP contribution in [0.5, 0.6) is 0 Å². The van der Waals surface area contributed by atoms with Crippen molar-refractivity contribution < 1.29 is 14.3 Å². The Bertz CT molecular complexity index is 490. The van der Waals surface area contributed by atoms with Crippen molar-refractivity contribution >= 4 is 17.3 Å². The number of hydrogen-bond acceptors (Lipinski definition) is 4. The minimum Gasteiger partial charge on any atom is -0.477 e. The van der Waals surface area contributed by atoms with Crippen molar-refractivity contribution in [2.24, 2.45) is 0 Å². The molecule has 0 aromatic carbocycles. The highest BCUT2D eigenvalue weighted by atomic mass is 32.1. The van der Waals surface area contributed by atoms with Gasteiger partial charge in [0.2, 0.25) is 0 Å². The van der Waals surface area contributed by atoms with Crippen LogP contribution < -0.4 is 0 Å². The third-order valence-electron chi connectivity index (χ3n) is 2.33. The molecule has 0 saturated carbocycles. The molecule has 0 atom stereocenters. The van der Waals surface area contributed by atoms with Crippen LogP contribution in [-0.4, -0.2) is 23.0 Å². The maximum atomic E-state index is 10.7. The van der Waals surface area contributed by atoms with Crippen molar-refractivity contribution in [1.29, 1.82) is 0 Å². The van der Waals surface area contributed by atoms with Crippen molar-refractivity contribution in [3.05, 3.63) is 46.0 Å². The van der Waals surface area contributed by atoms with E-state index in [1.165, 1.54) is 11.3 Å². The maximum Gasteiger partial charge on any atom is 0.345 e. The van der Waals surface area contributed by atoms with Crippen molar-refractivity contribution in [2.45, 2.75) is 13.1 Å². The number of carbonyl (C=O) groups is 1. The molecule has 0 aliphatic rings. The van der Waals surface area contributed by atoms with Crippen molar-refractivity contribution in [3.8, 4) is 0 Å². The van der Waals surface area contributed by atoms with Crippen molar-refractivity contribution in [2.75, 3.05) is 7.05 Å². The summed E-state index contributed by atoms with van der Waals surface area (Å²) in [6.07, 6.45) is 3.37. The Kier molecular flexibility index (Phi) is 3.61. The van der Waals surface area contributed by atoms with Gasteiger partial charge in [0.25, 0.3) is 0 Å². The molecule has 1 N–H and O–H groups in total. The molecular formula is C12H13NO3S. The van der Waals surface area contributed by atoms with E-state index in [-0.39, 0.29) is 0 Å². The molecule has 2 aromatic heterocycles. The second-order valence-corrected chi connectivity index (χ2v) is 5.04. The maximum absolute atomic E-state index is 10.7. The lowest BCUT2D eigenvalue weighted by atomic mass is 10.3. The van der Waals surface area contributed by atoms with E-state index in [9.17, 15) is 4.79 Å². The molecule has 0 fully saturated rings. The lowest BCUT2D eigenvalue weighted by Gasteiger charge is -2.13. The topological polar surface area (TPSA) is 53.7 Å². The molecule has 17 heavy (non-hydrogen) atoms. The average molecular weight is 251 g/mol. The van der Waals surface area contributed by atoms with E-state index in [1.807, 2.05) is 19.2 Å². The van der Waals surface area contributed by atoms with Crippen LogP contribution in [0, 0.1) is 0 Å². The molecular weight excluding hydrogens is 238 g/mol. The summed E-state index contributed by atoms with van der Waals surface area (Å²) in [6.45, 7) is 1.53. The fraction of sp³-hybridized carbons (Fsp3) is 0.250. The Balaban J connectivity index is 1.93. The standard InChI is InChI=1S/C12H13NO3S/c1-13(6-9-4-5-16-8-9)7-10-2-3-11(17-10)12(14)15/h2-5,8H,6-7H2,1H3,(H,14,15). The first-order valence-corrected chi connectivity index (χ1v) is 5.98. The quantitative estimate of drug-likeness (QED) is 0.887. The first kappa shape index (κ1) is 11.9. The van der Waals surface area contributed by atoms with Crippen LogP contribution in [0.4, 0.5) is 0 Å². The zero-order valence-corrected chi connectivity index (χ0v) is 10.2. The lowest BCUT2D eigenvalue weighted by Crippen LogP contribution is -2.15. The number of furan rings is 1. The highest BCUT2D eigenvalue weighted by molar-refractivity contribution is 7.13. The van der Waals surface area contributed by atoms with Gasteiger partial charge < -0.3 is 9.52 Å². The fourth-order valence-electron chi connectivity index (χ4n) is 1.59. The van der Waals surface area contributed by atoms with Crippen LogP contribution in [0.3, 0.4) is 0 Å². The van der Waals surface area contributed by atoms with Crippen LogP contribution in [0.25, 0.3) is 0 Å². The van der Waals surface area contributed by atoms with Crippen molar-refractivity contribution in [1.82, 2.24) is 4.90 Å².